The highest BCUT2D eigenvalue weighted by molar-refractivity contribution is 5.15. The molecule has 1 aromatic heterocycles. The summed E-state index contributed by atoms with van der Waals surface area (Å²) < 4.78 is 5.82. The van der Waals surface area contributed by atoms with E-state index in [1.165, 1.54) is 25.7 Å². The van der Waals surface area contributed by atoms with Crippen LogP contribution in [0.3, 0.4) is 0 Å². The van der Waals surface area contributed by atoms with Gasteiger partial charge in [-0.25, -0.2) is 4.98 Å². The van der Waals surface area contributed by atoms with Gasteiger partial charge in [0.1, 0.15) is 0 Å². The number of hydrogen-bond donors (Lipinski definition) is 1. The van der Waals surface area contributed by atoms with Crippen LogP contribution in [0.5, 0.6) is 5.88 Å². The van der Waals surface area contributed by atoms with E-state index in [1.54, 1.807) is 0 Å². The lowest BCUT2D eigenvalue weighted by Crippen LogP contribution is -2.19. The Morgan fingerprint density at radius 3 is 2.84 bits per heavy atom. The van der Waals surface area contributed by atoms with Crippen molar-refractivity contribution >= 4 is 0 Å². The third kappa shape index (κ3) is 5.19. The van der Waals surface area contributed by atoms with Crippen molar-refractivity contribution in [2.75, 3.05) is 13.2 Å². The van der Waals surface area contributed by atoms with Gasteiger partial charge in [0, 0.05) is 12.6 Å². The Balaban J connectivity index is 1.77. The van der Waals surface area contributed by atoms with E-state index < -0.39 is 0 Å². The van der Waals surface area contributed by atoms with Gasteiger partial charge in [0.05, 0.1) is 12.3 Å². The van der Waals surface area contributed by atoms with Crippen LogP contribution in [0.4, 0.5) is 0 Å². The van der Waals surface area contributed by atoms with Crippen molar-refractivity contribution in [1.29, 1.82) is 0 Å². The van der Waals surface area contributed by atoms with E-state index in [2.05, 4.69) is 30.2 Å². The Morgan fingerprint density at radius 2 is 2.11 bits per heavy atom. The zero-order chi connectivity index (χ0) is 13.5. The van der Waals surface area contributed by atoms with Gasteiger partial charge in [0.2, 0.25) is 5.88 Å². The second kappa shape index (κ2) is 7.49. The van der Waals surface area contributed by atoms with Crippen LogP contribution in [0.25, 0.3) is 0 Å². The molecule has 0 amide bonds. The normalized spacial score (nSPS) is 16.2. The molecule has 1 heterocycles. The molecule has 0 atom stereocenters. The molecular formula is C16H26N2O. The van der Waals surface area contributed by atoms with Gasteiger partial charge in [0.15, 0.2) is 0 Å². The molecule has 0 saturated heterocycles. The Bertz CT molecular complexity index is 373. The summed E-state index contributed by atoms with van der Waals surface area (Å²) in [5.74, 6) is 2.18. The molecule has 3 heteroatoms. The molecule has 3 nitrogen and oxygen atoms in total. The van der Waals surface area contributed by atoms with Crippen LogP contribution in [0, 0.1) is 11.8 Å². The summed E-state index contributed by atoms with van der Waals surface area (Å²) in [6.07, 6.45) is 5.35. The molecule has 0 bridgehead atoms. The van der Waals surface area contributed by atoms with Crippen LogP contribution in [0.2, 0.25) is 0 Å². The predicted octanol–water partition coefficient (Wildman–Crippen LogP) is 3.40. The molecule has 1 aromatic rings. The van der Waals surface area contributed by atoms with Gasteiger partial charge in [-0.05, 0) is 37.3 Å². The first kappa shape index (κ1) is 14.3. The van der Waals surface area contributed by atoms with Crippen molar-refractivity contribution in [3.05, 3.63) is 23.9 Å². The largest absolute Gasteiger partial charge is 0.477 e. The fraction of sp³-hybridized carbons (Fsp3) is 0.688. The van der Waals surface area contributed by atoms with Gasteiger partial charge in [-0.3, -0.25) is 0 Å². The summed E-state index contributed by atoms with van der Waals surface area (Å²) in [7, 11) is 0. The number of ether oxygens (including phenoxy) is 1. The van der Waals surface area contributed by atoms with Gasteiger partial charge >= 0.3 is 0 Å². The Kier molecular flexibility index (Phi) is 5.64. The number of hydrogen-bond acceptors (Lipinski definition) is 3. The summed E-state index contributed by atoms with van der Waals surface area (Å²) in [6.45, 7) is 7.09. The number of aromatic nitrogens is 1. The van der Waals surface area contributed by atoms with Crippen molar-refractivity contribution in [2.45, 2.75) is 46.1 Å². The lowest BCUT2D eigenvalue weighted by Gasteiger charge is -2.12. The smallest absolute Gasteiger partial charge is 0.213 e. The van der Waals surface area contributed by atoms with E-state index in [9.17, 15) is 0 Å². The maximum Gasteiger partial charge on any atom is 0.213 e. The van der Waals surface area contributed by atoms with Crippen molar-refractivity contribution in [3.8, 4) is 5.88 Å². The minimum absolute atomic E-state index is 0.668. The highest BCUT2D eigenvalue weighted by Crippen LogP contribution is 2.25. The van der Waals surface area contributed by atoms with Crippen LogP contribution >= 0.6 is 0 Å². The second-order valence-electron chi connectivity index (χ2n) is 5.95. The molecule has 0 spiro atoms. The summed E-state index contributed by atoms with van der Waals surface area (Å²) in [5.41, 5.74) is 1.06. The maximum absolute atomic E-state index is 5.82. The van der Waals surface area contributed by atoms with Crippen LogP contribution in [0.15, 0.2) is 18.2 Å². The number of nitrogens with one attached hydrogen (secondary N) is 1. The molecule has 1 saturated carbocycles. The highest BCUT2D eigenvalue weighted by atomic mass is 16.5. The average molecular weight is 262 g/mol. The highest BCUT2D eigenvalue weighted by Gasteiger charge is 2.15. The van der Waals surface area contributed by atoms with Crippen LogP contribution in [0.1, 0.15) is 45.2 Å². The first-order valence-electron chi connectivity index (χ1n) is 7.53. The first-order chi connectivity index (χ1) is 9.24. The fourth-order valence-electron chi connectivity index (χ4n) is 2.51. The predicted molar refractivity (Wildman–Crippen MR) is 78.2 cm³/mol. The third-order valence-corrected chi connectivity index (χ3v) is 3.58. The minimum atomic E-state index is 0.668. The van der Waals surface area contributed by atoms with Crippen molar-refractivity contribution in [1.82, 2.24) is 10.3 Å². The lowest BCUT2D eigenvalue weighted by molar-refractivity contribution is 0.243. The van der Waals surface area contributed by atoms with Gasteiger partial charge in [-0.2, -0.15) is 0 Å². The monoisotopic (exact) mass is 262 g/mol. The molecule has 1 aliphatic rings. The first-order valence-corrected chi connectivity index (χ1v) is 7.53. The van der Waals surface area contributed by atoms with Gasteiger partial charge in [-0.1, -0.05) is 32.8 Å². The van der Waals surface area contributed by atoms with Crippen LogP contribution in [-0.4, -0.2) is 18.1 Å². The van der Waals surface area contributed by atoms with E-state index >= 15 is 0 Å². The molecule has 2 rings (SSSR count). The van der Waals surface area contributed by atoms with Crippen molar-refractivity contribution in [2.24, 2.45) is 11.8 Å². The second-order valence-corrected chi connectivity index (χ2v) is 5.95. The SMILES string of the molecule is CC(C)CNCc1cccc(OCC2CCCC2)n1. The molecular weight excluding hydrogens is 236 g/mol. The number of nitrogens with zero attached hydrogens (tertiary/aromatic N) is 1. The van der Waals surface area contributed by atoms with E-state index in [-0.39, 0.29) is 0 Å². The molecule has 1 N–H and O–H groups in total. The van der Waals surface area contributed by atoms with Gasteiger partial charge in [0.25, 0.3) is 0 Å². The standard InChI is InChI=1S/C16H26N2O/c1-13(2)10-17-11-15-8-5-9-16(18-15)19-12-14-6-3-4-7-14/h5,8-9,13-14,17H,3-4,6-7,10-12H2,1-2H3. The molecule has 0 aromatic carbocycles. The quantitative estimate of drug-likeness (QED) is 0.818. The Hall–Kier alpha value is -1.09. The van der Waals surface area contributed by atoms with Crippen molar-refractivity contribution < 1.29 is 4.74 Å². The maximum atomic E-state index is 5.82. The molecule has 0 radical (unpaired) electrons. The average Bonchev–Trinajstić information content (AvgIpc) is 2.89. The van der Waals surface area contributed by atoms with Crippen molar-refractivity contribution in [3.63, 3.8) is 0 Å². The fourth-order valence-corrected chi connectivity index (χ4v) is 2.51. The zero-order valence-electron chi connectivity index (χ0n) is 12.2. The van der Waals surface area contributed by atoms with E-state index in [0.717, 1.165) is 37.2 Å². The third-order valence-electron chi connectivity index (χ3n) is 3.58. The van der Waals surface area contributed by atoms with E-state index in [1.807, 2.05) is 12.1 Å². The number of rotatable bonds is 7. The minimum Gasteiger partial charge on any atom is -0.477 e. The summed E-state index contributed by atoms with van der Waals surface area (Å²) in [5, 5.41) is 3.41. The molecule has 1 fully saturated rings. The van der Waals surface area contributed by atoms with E-state index in [0.29, 0.717) is 5.92 Å². The molecule has 0 aliphatic heterocycles. The summed E-state index contributed by atoms with van der Waals surface area (Å²) in [6, 6.07) is 6.04. The van der Waals surface area contributed by atoms with E-state index in [4.69, 9.17) is 4.74 Å². The molecule has 0 unspecified atom stereocenters. The van der Waals surface area contributed by atoms with Gasteiger partial charge in [-0.15, -0.1) is 0 Å². The van der Waals surface area contributed by atoms with Crippen LogP contribution < -0.4 is 10.1 Å². The molecule has 19 heavy (non-hydrogen) atoms. The summed E-state index contributed by atoms with van der Waals surface area (Å²) >= 11 is 0. The Morgan fingerprint density at radius 1 is 1.32 bits per heavy atom. The lowest BCUT2D eigenvalue weighted by atomic mass is 10.1. The van der Waals surface area contributed by atoms with Crippen LogP contribution in [-0.2, 0) is 6.54 Å². The zero-order valence-corrected chi connectivity index (χ0v) is 12.2. The molecule has 1 aliphatic carbocycles. The molecule has 106 valence electrons. The van der Waals surface area contributed by atoms with Gasteiger partial charge < -0.3 is 10.1 Å². The topological polar surface area (TPSA) is 34.1 Å². The summed E-state index contributed by atoms with van der Waals surface area (Å²) in [4.78, 5) is 4.55. The number of pyridine rings is 1. The Labute approximate surface area is 116 Å².